The van der Waals surface area contributed by atoms with Crippen molar-refractivity contribution in [1.82, 2.24) is 4.98 Å². The molecule has 0 saturated heterocycles. The van der Waals surface area contributed by atoms with Crippen LogP contribution in [0, 0.1) is 13.8 Å². The molecule has 1 aromatic carbocycles. The molecule has 0 aliphatic heterocycles. The molecule has 0 spiro atoms. The van der Waals surface area contributed by atoms with Crippen LogP contribution in [0.2, 0.25) is 5.15 Å². The Kier molecular flexibility index (Phi) is 1.62. The third-order valence-corrected chi connectivity index (χ3v) is 2.53. The number of aromatic amines is 1. The van der Waals surface area contributed by atoms with Gasteiger partial charge in [-0.15, -0.1) is 0 Å². The van der Waals surface area contributed by atoms with Gasteiger partial charge < -0.3 is 4.98 Å². The predicted octanol–water partition coefficient (Wildman–Crippen LogP) is 3.44. The van der Waals surface area contributed by atoms with E-state index >= 15 is 0 Å². The third kappa shape index (κ3) is 1.01. The standard InChI is InChI=1S/C10H10ClN/c1-6-3-4-8-7(2)10(11)12-9(8)5-6/h3-5,12H,1-2H3. The summed E-state index contributed by atoms with van der Waals surface area (Å²) in [5.41, 5.74) is 3.50. The van der Waals surface area contributed by atoms with Gasteiger partial charge in [0.25, 0.3) is 0 Å². The SMILES string of the molecule is Cc1ccc2c(C)c(Cl)[nH]c2c1. The smallest absolute Gasteiger partial charge is 0.110 e. The molecule has 62 valence electrons. The second-order valence-corrected chi connectivity index (χ2v) is 3.49. The van der Waals surface area contributed by atoms with E-state index in [0.717, 1.165) is 16.2 Å². The van der Waals surface area contributed by atoms with Crippen molar-refractivity contribution in [2.45, 2.75) is 13.8 Å². The maximum Gasteiger partial charge on any atom is 0.110 e. The molecule has 0 radical (unpaired) electrons. The number of rotatable bonds is 0. The number of halogens is 1. The highest BCUT2D eigenvalue weighted by Gasteiger charge is 2.03. The molecule has 1 nitrogen and oxygen atoms in total. The molecule has 0 aliphatic carbocycles. The van der Waals surface area contributed by atoms with Crippen molar-refractivity contribution in [3.63, 3.8) is 0 Å². The summed E-state index contributed by atoms with van der Waals surface area (Å²) in [7, 11) is 0. The fourth-order valence-corrected chi connectivity index (χ4v) is 1.62. The quantitative estimate of drug-likeness (QED) is 0.638. The van der Waals surface area contributed by atoms with Crippen LogP contribution in [0.1, 0.15) is 11.1 Å². The van der Waals surface area contributed by atoms with Gasteiger partial charge in [0.1, 0.15) is 5.15 Å². The molecule has 0 bridgehead atoms. The van der Waals surface area contributed by atoms with E-state index in [1.165, 1.54) is 10.9 Å². The average molecular weight is 180 g/mol. The Bertz CT molecular complexity index is 429. The number of nitrogens with one attached hydrogen (secondary N) is 1. The van der Waals surface area contributed by atoms with Crippen molar-refractivity contribution in [2.24, 2.45) is 0 Å². The molecule has 2 heteroatoms. The lowest BCUT2D eigenvalue weighted by Crippen LogP contribution is -1.71. The highest BCUT2D eigenvalue weighted by atomic mass is 35.5. The second-order valence-electron chi connectivity index (χ2n) is 3.11. The highest BCUT2D eigenvalue weighted by Crippen LogP contribution is 2.25. The molecule has 2 rings (SSSR count). The number of fused-ring (bicyclic) bond motifs is 1. The van der Waals surface area contributed by atoms with E-state index in [0.29, 0.717) is 0 Å². The molecule has 0 amide bonds. The third-order valence-electron chi connectivity index (χ3n) is 2.15. The number of H-pyrrole nitrogens is 1. The van der Waals surface area contributed by atoms with Gasteiger partial charge in [0.05, 0.1) is 0 Å². The number of aromatic nitrogens is 1. The van der Waals surface area contributed by atoms with E-state index in [1.807, 2.05) is 6.92 Å². The van der Waals surface area contributed by atoms with Gasteiger partial charge in [-0.2, -0.15) is 0 Å². The molecule has 0 fully saturated rings. The average Bonchev–Trinajstić information content (AvgIpc) is 2.28. The summed E-state index contributed by atoms with van der Waals surface area (Å²) in [6.45, 7) is 4.10. The van der Waals surface area contributed by atoms with Gasteiger partial charge in [-0.1, -0.05) is 23.7 Å². The lowest BCUT2D eigenvalue weighted by molar-refractivity contribution is 1.41. The summed E-state index contributed by atoms with van der Waals surface area (Å²) < 4.78 is 0. The fraction of sp³-hybridized carbons (Fsp3) is 0.200. The van der Waals surface area contributed by atoms with E-state index in [9.17, 15) is 0 Å². The van der Waals surface area contributed by atoms with E-state index in [2.05, 4.69) is 30.1 Å². The van der Waals surface area contributed by atoms with E-state index in [4.69, 9.17) is 11.6 Å². The van der Waals surface area contributed by atoms with Gasteiger partial charge in [-0.05, 0) is 31.0 Å². The molecule has 0 unspecified atom stereocenters. The summed E-state index contributed by atoms with van der Waals surface area (Å²) in [5.74, 6) is 0. The van der Waals surface area contributed by atoms with Crippen LogP contribution in [0.25, 0.3) is 10.9 Å². The van der Waals surface area contributed by atoms with Crippen LogP contribution in [-0.2, 0) is 0 Å². The lowest BCUT2D eigenvalue weighted by atomic mass is 10.1. The zero-order valence-electron chi connectivity index (χ0n) is 7.11. The number of benzene rings is 1. The molecule has 1 heterocycles. The number of aryl methyl sites for hydroxylation is 2. The van der Waals surface area contributed by atoms with Gasteiger partial charge in [0, 0.05) is 10.9 Å². The van der Waals surface area contributed by atoms with Crippen LogP contribution < -0.4 is 0 Å². The molecular formula is C10H10ClN. The Hall–Kier alpha value is -0.950. The van der Waals surface area contributed by atoms with Gasteiger partial charge in [0.15, 0.2) is 0 Å². The van der Waals surface area contributed by atoms with Crippen LogP contribution in [-0.4, -0.2) is 4.98 Å². The van der Waals surface area contributed by atoms with Gasteiger partial charge in [-0.25, -0.2) is 0 Å². The Morgan fingerprint density at radius 1 is 1.25 bits per heavy atom. The lowest BCUT2D eigenvalue weighted by Gasteiger charge is -1.92. The molecule has 0 aliphatic rings. The highest BCUT2D eigenvalue weighted by molar-refractivity contribution is 6.31. The monoisotopic (exact) mass is 179 g/mol. The Morgan fingerprint density at radius 3 is 2.75 bits per heavy atom. The Labute approximate surface area is 76.4 Å². The maximum absolute atomic E-state index is 5.95. The molecule has 0 saturated carbocycles. The first-order chi connectivity index (χ1) is 5.68. The minimum absolute atomic E-state index is 0.746. The van der Waals surface area contributed by atoms with Crippen molar-refractivity contribution in [3.05, 3.63) is 34.5 Å². The van der Waals surface area contributed by atoms with Crippen LogP contribution >= 0.6 is 11.6 Å². The largest absolute Gasteiger partial charge is 0.345 e. The van der Waals surface area contributed by atoms with Crippen molar-refractivity contribution in [1.29, 1.82) is 0 Å². The van der Waals surface area contributed by atoms with Gasteiger partial charge >= 0.3 is 0 Å². The minimum Gasteiger partial charge on any atom is -0.345 e. The van der Waals surface area contributed by atoms with Crippen LogP contribution in [0.3, 0.4) is 0 Å². The van der Waals surface area contributed by atoms with Crippen molar-refractivity contribution in [3.8, 4) is 0 Å². The van der Waals surface area contributed by atoms with Crippen LogP contribution in [0.4, 0.5) is 0 Å². The van der Waals surface area contributed by atoms with Crippen molar-refractivity contribution < 1.29 is 0 Å². The van der Waals surface area contributed by atoms with E-state index in [1.54, 1.807) is 0 Å². The predicted molar refractivity (Wildman–Crippen MR) is 52.8 cm³/mol. The maximum atomic E-state index is 5.95. The minimum atomic E-state index is 0.746. The molecule has 2 aromatic rings. The molecule has 1 aromatic heterocycles. The van der Waals surface area contributed by atoms with Gasteiger partial charge in [0.2, 0.25) is 0 Å². The van der Waals surface area contributed by atoms with Gasteiger partial charge in [-0.3, -0.25) is 0 Å². The van der Waals surface area contributed by atoms with Crippen molar-refractivity contribution in [2.75, 3.05) is 0 Å². The van der Waals surface area contributed by atoms with Crippen molar-refractivity contribution >= 4 is 22.5 Å². The number of hydrogen-bond acceptors (Lipinski definition) is 0. The molecule has 0 atom stereocenters. The molecular weight excluding hydrogens is 170 g/mol. The summed E-state index contributed by atoms with van der Waals surface area (Å²) in [5, 5.41) is 1.96. The normalized spacial score (nSPS) is 10.9. The number of hydrogen-bond donors (Lipinski definition) is 1. The Balaban J connectivity index is 2.87. The van der Waals surface area contributed by atoms with E-state index in [-0.39, 0.29) is 0 Å². The topological polar surface area (TPSA) is 15.8 Å². The summed E-state index contributed by atoms with van der Waals surface area (Å²) >= 11 is 5.95. The molecule has 1 N–H and O–H groups in total. The Morgan fingerprint density at radius 2 is 2.00 bits per heavy atom. The van der Waals surface area contributed by atoms with Crippen LogP contribution in [0.5, 0.6) is 0 Å². The summed E-state index contributed by atoms with van der Waals surface area (Å²) in [6.07, 6.45) is 0. The summed E-state index contributed by atoms with van der Waals surface area (Å²) in [4.78, 5) is 3.13. The first-order valence-electron chi connectivity index (χ1n) is 3.93. The first-order valence-corrected chi connectivity index (χ1v) is 4.30. The van der Waals surface area contributed by atoms with E-state index < -0.39 is 0 Å². The summed E-state index contributed by atoms with van der Waals surface area (Å²) in [6, 6.07) is 6.30. The molecule has 12 heavy (non-hydrogen) atoms. The van der Waals surface area contributed by atoms with Crippen LogP contribution in [0.15, 0.2) is 18.2 Å². The first kappa shape index (κ1) is 7.69. The zero-order valence-corrected chi connectivity index (χ0v) is 7.87. The zero-order chi connectivity index (χ0) is 8.72. The fourth-order valence-electron chi connectivity index (χ4n) is 1.42. The second kappa shape index (κ2) is 2.53.